The fourth-order valence-electron chi connectivity index (χ4n) is 2.32. The number of phenols is 1. The molecule has 0 saturated carbocycles. The number of ether oxygens (including phenoxy) is 1. The summed E-state index contributed by atoms with van der Waals surface area (Å²) in [5, 5.41) is 10.1. The van der Waals surface area contributed by atoms with Gasteiger partial charge in [0.25, 0.3) is 0 Å². The van der Waals surface area contributed by atoms with E-state index in [0.29, 0.717) is 5.56 Å². The van der Waals surface area contributed by atoms with Crippen LogP contribution in [0, 0.1) is 0 Å². The Balaban J connectivity index is 2.03. The van der Waals surface area contributed by atoms with Gasteiger partial charge in [-0.25, -0.2) is 4.99 Å². The summed E-state index contributed by atoms with van der Waals surface area (Å²) in [6.07, 6.45) is -1.87. The Morgan fingerprint density at radius 3 is 2.67 bits per heavy atom. The lowest BCUT2D eigenvalue weighted by Crippen LogP contribution is -2.09. The van der Waals surface area contributed by atoms with Gasteiger partial charge in [-0.2, -0.15) is 13.2 Å². The van der Waals surface area contributed by atoms with Crippen molar-refractivity contribution in [3.63, 3.8) is 0 Å². The number of aliphatic imine (C=N–C) groups is 1. The lowest BCUT2D eigenvalue weighted by atomic mass is 10.0. The minimum Gasteiger partial charge on any atom is -0.504 e. The molecule has 2 heterocycles. The first-order valence-electron chi connectivity index (χ1n) is 6.86. The first kappa shape index (κ1) is 15.8. The molecule has 1 aliphatic heterocycles. The van der Waals surface area contributed by atoms with Crippen molar-refractivity contribution in [3.05, 3.63) is 59.4 Å². The Bertz CT molecular complexity index is 895. The van der Waals surface area contributed by atoms with Gasteiger partial charge in [0.15, 0.2) is 11.5 Å². The first-order chi connectivity index (χ1) is 11.4. The van der Waals surface area contributed by atoms with E-state index in [0.717, 1.165) is 6.07 Å². The Morgan fingerprint density at radius 1 is 1.17 bits per heavy atom. The number of hydrogen-bond acceptors (Lipinski definition) is 4. The van der Waals surface area contributed by atoms with Crippen LogP contribution in [-0.2, 0) is 6.18 Å². The summed E-state index contributed by atoms with van der Waals surface area (Å²) in [6.45, 7) is 0. The zero-order chi connectivity index (χ0) is 17.3. The van der Waals surface area contributed by atoms with Crippen LogP contribution in [0.4, 0.5) is 13.2 Å². The van der Waals surface area contributed by atoms with E-state index >= 15 is 0 Å². The molecule has 24 heavy (non-hydrogen) atoms. The van der Waals surface area contributed by atoms with E-state index in [2.05, 4.69) is 15.8 Å². The molecule has 0 radical (unpaired) electrons. The second-order valence-corrected chi connectivity index (χ2v) is 4.92. The molecule has 1 N–H and O–H groups in total. The lowest BCUT2D eigenvalue weighted by Gasteiger charge is -2.10. The molecule has 1 aromatic heterocycles. The van der Waals surface area contributed by atoms with Gasteiger partial charge in [-0.3, -0.25) is 4.98 Å². The molecule has 7 heteroatoms. The molecule has 4 nitrogen and oxygen atoms in total. The second kappa shape index (κ2) is 5.86. The topological polar surface area (TPSA) is 54.7 Å². The van der Waals surface area contributed by atoms with Crippen molar-refractivity contribution < 1.29 is 23.0 Å². The number of alkyl halides is 3. The summed E-state index contributed by atoms with van der Waals surface area (Å²) in [4.78, 5) is 7.77. The van der Waals surface area contributed by atoms with Crippen LogP contribution >= 0.6 is 0 Å². The molecule has 0 fully saturated rings. The number of methoxy groups -OCH3 is 1. The second-order valence-electron chi connectivity index (χ2n) is 4.92. The lowest BCUT2D eigenvalue weighted by molar-refractivity contribution is -0.138. The van der Waals surface area contributed by atoms with Gasteiger partial charge >= 0.3 is 6.18 Å². The number of aromatic hydroxyl groups is 1. The van der Waals surface area contributed by atoms with Crippen molar-refractivity contribution in [3.8, 4) is 11.5 Å². The average Bonchev–Trinajstić information content (AvgIpc) is 3.04. The fourth-order valence-corrected chi connectivity index (χ4v) is 2.32. The molecule has 1 aliphatic rings. The number of halogens is 3. The van der Waals surface area contributed by atoms with Crippen molar-refractivity contribution in [1.82, 2.24) is 4.98 Å². The van der Waals surface area contributed by atoms with Crippen molar-refractivity contribution in [2.45, 2.75) is 6.18 Å². The number of rotatable bonds is 3. The number of allylic oxidation sites excluding steroid dienone is 2. The van der Waals surface area contributed by atoms with Gasteiger partial charge < -0.3 is 9.84 Å². The number of aromatic nitrogens is 1. The van der Waals surface area contributed by atoms with Crippen LogP contribution in [0.3, 0.4) is 0 Å². The summed E-state index contributed by atoms with van der Waals surface area (Å²) < 4.78 is 44.3. The maximum Gasteiger partial charge on any atom is 0.418 e. The third-order valence-corrected chi connectivity index (χ3v) is 3.44. The van der Waals surface area contributed by atoms with E-state index < -0.39 is 11.7 Å². The Kier molecular flexibility index (Phi) is 3.87. The summed E-state index contributed by atoms with van der Waals surface area (Å²) in [5.41, 5.74) is -0.414. The minimum absolute atomic E-state index is 0.0974. The molecule has 0 atom stereocenters. The number of nitrogens with zero attached hydrogens (tertiary/aromatic N) is 2. The smallest absolute Gasteiger partial charge is 0.418 e. The van der Waals surface area contributed by atoms with Crippen molar-refractivity contribution in [2.24, 2.45) is 4.99 Å². The summed E-state index contributed by atoms with van der Waals surface area (Å²) >= 11 is 0. The zero-order valence-electron chi connectivity index (χ0n) is 12.4. The van der Waals surface area contributed by atoms with Crippen LogP contribution in [0.2, 0.25) is 0 Å². The van der Waals surface area contributed by atoms with Gasteiger partial charge in [0.1, 0.15) is 0 Å². The van der Waals surface area contributed by atoms with Gasteiger partial charge in [0.2, 0.25) is 0 Å². The molecule has 3 rings (SSSR count). The van der Waals surface area contributed by atoms with E-state index in [1.54, 1.807) is 18.2 Å². The number of para-hydroxylation sites is 1. The van der Waals surface area contributed by atoms with Gasteiger partial charge in [-0.15, -0.1) is 0 Å². The standard InChI is InChI=1S/C17H11F3N2O2/c1-24-14-6-2-4-11(16(14)23)13-8-10(9-22-13)15-12(17(18,19)20)5-3-7-21-15/h2-8,23H,1H3. The van der Waals surface area contributed by atoms with Gasteiger partial charge in [0.05, 0.1) is 29.6 Å². The van der Waals surface area contributed by atoms with Crippen LogP contribution in [0.5, 0.6) is 11.5 Å². The Hall–Kier alpha value is -3.05. The highest BCUT2D eigenvalue weighted by Gasteiger charge is 2.35. The van der Waals surface area contributed by atoms with Crippen LogP contribution in [0.25, 0.3) is 11.3 Å². The largest absolute Gasteiger partial charge is 0.504 e. The molecular weight excluding hydrogens is 321 g/mol. The summed E-state index contributed by atoms with van der Waals surface area (Å²) in [7, 11) is 1.40. The fraction of sp³-hybridized carbons (Fsp3) is 0.118. The van der Waals surface area contributed by atoms with Crippen LogP contribution < -0.4 is 4.74 Å². The Morgan fingerprint density at radius 2 is 1.96 bits per heavy atom. The van der Waals surface area contributed by atoms with Crippen LogP contribution in [-0.4, -0.2) is 23.1 Å². The maximum absolute atomic E-state index is 13.1. The molecule has 122 valence electrons. The third-order valence-electron chi connectivity index (χ3n) is 3.44. The van der Waals surface area contributed by atoms with E-state index in [4.69, 9.17) is 4.74 Å². The summed E-state index contributed by atoms with van der Waals surface area (Å²) in [6, 6.07) is 6.96. The molecule has 0 spiro atoms. The van der Waals surface area contributed by atoms with Crippen molar-refractivity contribution in [1.29, 1.82) is 0 Å². The molecule has 0 amide bonds. The van der Waals surface area contributed by atoms with E-state index in [1.165, 1.54) is 25.4 Å². The van der Waals surface area contributed by atoms with Gasteiger partial charge in [0, 0.05) is 11.8 Å². The first-order valence-corrected chi connectivity index (χ1v) is 6.86. The van der Waals surface area contributed by atoms with Crippen LogP contribution in [0.15, 0.2) is 47.6 Å². The Labute approximate surface area is 135 Å². The van der Waals surface area contributed by atoms with E-state index in [1.807, 2.05) is 0 Å². The molecular formula is C17H11F3N2O2. The van der Waals surface area contributed by atoms with Crippen molar-refractivity contribution in [2.75, 3.05) is 7.11 Å². The minimum atomic E-state index is -4.53. The predicted octanol–water partition coefficient (Wildman–Crippen LogP) is 3.92. The van der Waals surface area contributed by atoms with Crippen molar-refractivity contribution >= 4 is 17.1 Å². The monoisotopic (exact) mass is 332 g/mol. The highest BCUT2D eigenvalue weighted by atomic mass is 19.4. The average molecular weight is 332 g/mol. The van der Waals surface area contributed by atoms with E-state index in [9.17, 15) is 18.3 Å². The van der Waals surface area contributed by atoms with E-state index in [-0.39, 0.29) is 28.5 Å². The molecule has 2 aromatic rings. The highest BCUT2D eigenvalue weighted by Crippen LogP contribution is 2.38. The highest BCUT2D eigenvalue weighted by molar-refractivity contribution is 6.05. The number of pyridine rings is 1. The summed E-state index contributed by atoms with van der Waals surface area (Å²) in [5.74, 6) is 2.63. The number of benzene rings is 1. The molecule has 0 bridgehead atoms. The molecule has 1 aromatic carbocycles. The quantitative estimate of drug-likeness (QED) is 0.927. The number of phenolic OH excluding ortho intramolecular Hbond substituents is 1. The zero-order valence-corrected chi connectivity index (χ0v) is 12.4. The predicted molar refractivity (Wildman–Crippen MR) is 82.7 cm³/mol. The molecule has 0 saturated heterocycles. The van der Waals surface area contributed by atoms with Gasteiger partial charge in [-0.1, -0.05) is 6.07 Å². The third kappa shape index (κ3) is 2.77. The van der Waals surface area contributed by atoms with Gasteiger partial charge in [-0.05, 0) is 36.2 Å². The maximum atomic E-state index is 13.1. The normalized spacial score (nSPS) is 13.7. The number of hydrogen-bond donors (Lipinski definition) is 1. The molecule has 0 aliphatic carbocycles. The SMILES string of the molecule is COc1cccc(C2=CC(c3ncccc3C(F)(F)F)=C=N2)c1O. The van der Waals surface area contributed by atoms with Crippen LogP contribution in [0.1, 0.15) is 16.8 Å². The molecule has 0 unspecified atom stereocenters.